The number of nitrogens with one attached hydrogen (secondary N) is 1. The van der Waals surface area contributed by atoms with Gasteiger partial charge in [0.15, 0.2) is 0 Å². The molecule has 6 heteroatoms. The number of fused-ring (bicyclic) bond motifs is 1. The summed E-state index contributed by atoms with van der Waals surface area (Å²) in [6, 6.07) is 20.4. The zero-order valence-corrected chi connectivity index (χ0v) is 18.2. The van der Waals surface area contributed by atoms with Gasteiger partial charge in [0.2, 0.25) is 5.91 Å². The van der Waals surface area contributed by atoms with Crippen LogP contribution >= 0.6 is 0 Å². The van der Waals surface area contributed by atoms with Gasteiger partial charge in [0, 0.05) is 48.1 Å². The van der Waals surface area contributed by atoms with Crippen LogP contribution in [-0.2, 0) is 0 Å². The quantitative estimate of drug-likeness (QED) is 0.489. The zero-order valence-electron chi connectivity index (χ0n) is 18.2. The molecule has 0 aliphatic rings. The number of hydrogen-bond donors (Lipinski definition) is 2. The minimum atomic E-state index is -0.553. The Hall–Kier alpha value is -4.19. The van der Waals surface area contributed by atoms with Gasteiger partial charge in [0.05, 0.1) is 11.2 Å². The molecule has 1 aromatic heterocycles. The molecule has 0 aliphatic carbocycles. The molecule has 6 nitrogen and oxygen atoms in total. The predicted molar refractivity (Wildman–Crippen MR) is 129 cm³/mol. The van der Waals surface area contributed by atoms with Crippen LogP contribution in [0.5, 0.6) is 0 Å². The average molecular weight is 425 g/mol. The van der Waals surface area contributed by atoms with Gasteiger partial charge in [0.1, 0.15) is 0 Å². The van der Waals surface area contributed by atoms with Gasteiger partial charge in [-0.05, 0) is 60.5 Å². The number of carbonyl (C=O) groups excluding carboxylic acids is 2. The minimum Gasteiger partial charge on any atom is -0.378 e. The van der Waals surface area contributed by atoms with E-state index in [1.54, 1.807) is 30.5 Å². The number of hydrogen-bond acceptors (Lipinski definition) is 4. The lowest BCUT2D eigenvalue weighted by molar-refractivity contribution is 0.0997. The summed E-state index contributed by atoms with van der Waals surface area (Å²) in [5, 5.41) is 3.90. The van der Waals surface area contributed by atoms with Crippen molar-refractivity contribution in [2.45, 2.75) is 6.92 Å². The van der Waals surface area contributed by atoms with E-state index in [1.807, 2.05) is 68.4 Å². The highest BCUT2D eigenvalue weighted by Crippen LogP contribution is 2.36. The molecule has 0 radical (unpaired) electrons. The zero-order chi connectivity index (χ0) is 22.8. The smallest absolute Gasteiger partial charge is 0.255 e. The van der Waals surface area contributed by atoms with Gasteiger partial charge in [0.25, 0.3) is 5.91 Å². The summed E-state index contributed by atoms with van der Waals surface area (Å²) >= 11 is 0. The third kappa shape index (κ3) is 4.03. The number of pyridine rings is 1. The van der Waals surface area contributed by atoms with Gasteiger partial charge < -0.3 is 16.0 Å². The number of nitrogens with two attached hydrogens (primary N) is 1. The first-order valence-corrected chi connectivity index (χ1v) is 10.2. The van der Waals surface area contributed by atoms with Crippen LogP contribution in [0.25, 0.3) is 22.0 Å². The van der Waals surface area contributed by atoms with Crippen molar-refractivity contribution >= 4 is 34.1 Å². The van der Waals surface area contributed by atoms with E-state index < -0.39 is 5.91 Å². The standard InChI is InChI=1S/C26H24N4O2/c1-16-9-11-21(25(27)31)23(18-6-4-8-20(15-18)30(2)3)24(16)29-26(32)19-10-12-22-17(14-19)7-5-13-28-22/h4-15H,1-3H3,(H2,27,31)(H,29,32). The van der Waals surface area contributed by atoms with Gasteiger partial charge in [-0.1, -0.05) is 24.3 Å². The summed E-state index contributed by atoms with van der Waals surface area (Å²) in [5.41, 5.74) is 11.1. The number of rotatable bonds is 5. The van der Waals surface area contributed by atoms with E-state index in [1.165, 1.54) is 0 Å². The van der Waals surface area contributed by atoms with Gasteiger partial charge in [-0.25, -0.2) is 0 Å². The second kappa shape index (κ2) is 8.51. The Balaban J connectivity index is 1.82. The monoisotopic (exact) mass is 424 g/mol. The van der Waals surface area contributed by atoms with Crippen LogP contribution in [0, 0.1) is 6.92 Å². The van der Waals surface area contributed by atoms with E-state index in [2.05, 4.69) is 10.3 Å². The van der Waals surface area contributed by atoms with Gasteiger partial charge in [-0.2, -0.15) is 0 Å². The van der Waals surface area contributed by atoms with Crippen molar-refractivity contribution in [3.05, 3.63) is 89.6 Å². The largest absolute Gasteiger partial charge is 0.378 e. The van der Waals surface area contributed by atoms with Crippen LogP contribution in [0.1, 0.15) is 26.3 Å². The Morgan fingerprint density at radius 3 is 2.53 bits per heavy atom. The van der Waals surface area contributed by atoms with Crippen LogP contribution in [0.15, 0.2) is 72.9 Å². The number of nitrogens with zero attached hydrogens (tertiary/aromatic N) is 2. The van der Waals surface area contributed by atoms with Crippen molar-refractivity contribution in [1.82, 2.24) is 4.98 Å². The predicted octanol–water partition coefficient (Wildman–Crippen LogP) is 4.63. The number of amides is 2. The SMILES string of the molecule is Cc1ccc(C(N)=O)c(-c2cccc(N(C)C)c2)c1NC(=O)c1ccc2ncccc2c1. The maximum Gasteiger partial charge on any atom is 0.255 e. The third-order valence-corrected chi connectivity index (χ3v) is 5.43. The molecule has 0 saturated heterocycles. The maximum atomic E-state index is 13.2. The lowest BCUT2D eigenvalue weighted by Crippen LogP contribution is -2.18. The number of carbonyl (C=O) groups is 2. The maximum absolute atomic E-state index is 13.2. The molecule has 0 unspecified atom stereocenters. The number of benzene rings is 3. The van der Waals surface area contributed by atoms with Crippen molar-refractivity contribution in [3.63, 3.8) is 0 Å². The second-order valence-electron chi connectivity index (χ2n) is 7.85. The van der Waals surface area contributed by atoms with Crippen LogP contribution in [-0.4, -0.2) is 30.9 Å². The molecule has 2 amide bonds. The van der Waals surface area contributed by atoms with E-state index in [9.17, 15) is 9.59 Å². The summed E-state index contributed by atoms with van der Waals surface area (Å²) in [7, 11) is 3.89. The fourth-order valence-electron chi connectivity index (χ4n) is 3.72. The lowest BCUT2D eigenvalue weighted by Gasteiger charge is -2.19. The van der Waals surface area contributed by atoms with Gasteiger partial charge in [-0.15, -0.1) is 0 Å². The first-order valence-electron chi connectivity index (χ1n) is 10.2. The Morgan fingerprint density at radius 2 is 1.78 bits per heavy atom. The molecule has 32 heavy (non-hydrogen) atoms. The molecule has 1 heterocycles. The first-order chi connectivity index (χ1) is 15.3. The molecule has 0 atom stereocenters. The topological polar surface area (TPSA) is 88.3 Å². The Morgan fingerprint density at radius 1 is 0.969 bits per heavy atom. The summed E-state index contributed by atoms with van der Waals surface area (Å²) < 4.78 is 0. The fourth-order valence-corrected chi connectivity index (χ4v) is 3.72. The Labute approximate surface area is 186 Å². The van der Waals surface area contributed by atoms with Crippen molar-refractivity contribution in [2.24, 2.45) is 5.73 Å². The summed E-state index contributed by atoms with van der Waals surface area (Å²) in [5.74, 6) is -0.826. The van der Waals surface area contributed by atoms with Crippen molar-refractivity contribution < 1.29 is 9.59 Å². The second-order valence-corrected chi connectivity index (χ2v) is 7.85. The molecule has 160 valence electrons. The van der Waals surface area contributed by atoms with Crippen molar-refractivity contribution in [2.75, 3.05) is 24.3 Å². The average Bonchev–Trinajstić information content (AvgIpc) is 2.79. The molecule has 0 aliphatic heterocycles. The van der Waals surface area contributed by atoms with Crippen molar-refractivity contribution in [1.29, 1.82) is 0 Å². The summed E-state index contributed by atoms with van der Waals surface area (Å²) in [6.07, 6.45) is 1.72. The van der Waals surface area contributed by atoms with Crippen LogP contribution in [0.2, 0.25) is 0 Å². The molecule has 3 aromatic carbocycles. The number of aryl methyl sites for hydroxylation is 1. The van der Waals surface area contributed by atoms with E-state index in [0.29, 0.717) is 22.4 Å². The lowest BCUT2D eigenvalue weighted by atomic mass is 9.93. The van der Waals surface area contributed by atoms with E-state index >= 15 is 0 Å². The molecular weight excluding hydrogens is 400 g/mol. The molecule has 0 spiro atoms. The third-order valence-electron chi connectivity index (χ3n) is 5.43. The molecule has 0 bridgehead atoms. The van der Waals surface area contributed by atoms with E-state index in [0.717, 1.165) is 27.7 Å². The molecular formula is C26H24N4O2. The Kier molecular flexibility index (Phi) is 5.60. The summed E-state index contributed by atoms with van der Waals surface area (Å²) in [4.78, 5) is 31.7. The molecule has 0 fully saturated rings. The fraction of sp³-hybridized carbons (Fsp3) is 0.115. The van der Waals surface area contributed by atoms with E-state index in [-0.39, 0.29) is 5.91 Å². The van der Waals surface area contributed by atoms with Gasteiger partial charge >= 0.3 is 0 Å². The van der Waals surface area contributed by atoms with Crippen LogP contribution in [0.3, 0.4) is 0 Å². The highest BCUT2D eigenvalue weighted by molar-refractivity contribution is 6.11. The first kappa shape index (κ1) is 21.1. The molecule has 0 saturated carbocycles. The minimum absolute atomic E-state index is 0.273. The Bertz CT molecular complexity index is 1340. The van der Waals surface area contributed by atoms with E-state index in [4.69, 9.17) is 5.73 Å². The highest BCUT2D eigenvalue weighted by atomic mass is 16.2. The molecule has 4 aromatic rings. The van der Waals surface area contributed by atoms with Crippen LogP contribution < -0.4 is 16.0 Å². The normalized spacial score (nSPS) is 10.7. The van der Waals surface area contributed by atoms with Gasteiger partial charge in [-0.3, -0.25) is 14.6 Å². The highest BCUT2D eigenvalue weighted by Gasteiger charge is 2.20. The molecule has 3 N–H and O–H groups in total. The van der Waals surface area contributed by atoms with Crippen LogP contribution in [0.4, 0.5) is 11.4 Å². The number of aromatic nitrogens is 1. The summed E-state index contributed by atoms with van der Waals surface area (Å²) in [6.45, 7) is 1.89. The number of primary amides is 1. The number of anilines is 2. The molecule has 4 rings (SSSR count). The van der Waals surface area contributed by atoms with Crippen molar-refractivity contribution in [3.8, 4) is 11.1 Å².